The maximum absolute atomic E-state index is 12.9. The molecule has 2 rings (SSSR count). The van der Waals surface area contributed by atoms with Gasteiger partial charge in [0.25, 0.3) is 0 Å². The zero-order valence-electron chi connectivity index (χ0n) is 9.71. The zero-order chi connectivity index (χ0) is 13.0. The van der Waals surface area contributed by atoms with Crippen LogP contribution >= 0.6 is 11.6 Å². The summed E-state index contributed by atoms with van der Waals surface area (Å²) in [7, 11) is 0. The molecule has 1 atom stereocenters. The highest BCUT2D eigenvalue weighted by Gasteiger charge is 2.17. The predicted octanol–water partition coefficient (Wildman–Crippen LogP) is 1.80. The van der Waals surface area contributed by atoms with Crippen LogP contribution in [0.2, 0.25) is 5.02 Å². The van der Waals surface area contributed by atoms with Crippen molar-refractivity contribution in [1.29, 1.82) is 0 Å². The lowest BCUT2D eigenvalue weighted by molar-refractivity contribution is -0.119. The number of halogens is 2. The van der Waals surface area contributed by atoms with Gasteiger partial charge in [-0.15, -0.1) is 0 Å². The van der Waals surface area contributed by atoms with Crippen molar-refractivity contribution >= 4 is 23.2 Å². The van der Waals surface area contributed by atoms with Gasteiger partial charge in [0.2, 0.25) is 5.91 Å². The van der Waals surface area contributed by atoms with Crippen LogP contribution < -0.4 is 10.6 Å². The van der Waals surface area contributed by atoms with Crippen molar-refractivity contribution < 1.29 is 13.9 Å². The van der Waals surface area contributed by atoms with Crippen molar-refractivity contribution in [1.82, 2.24) is 5.32 Å². The lowest BCUT2D eigenvalue weighted by Crippen LogP contribution is -2.40. The van der Waals surface area contributed by atoms with Crippen LogP contribution in [0.4, 0.5) is 10.1 Å². The third-order valence-corrected chi connectivity index (χ3v) is 2.91. The Hall–Kier alpha value is -1.17. The summed E-state index contributed by atoms with van der Waals surface area (Å²) in [6.45, 7) is 2.09. The number of nitrogens with one attached hydrogen (secondary N) is 2. The van der Waals surface area contributed by atoms with Gasteiger partial charge >= 0.3 is 0 Å². The van der Waals surface area contributed by atoms with Gasteiger partial charge in [0, 0.05) is 18.8 Å². The number of rotatable bonds is 3. The molecule has 1 aromatic rings. The van der Waals surface area contributed by atoms with Gasteiger partial charge in [-0.1, -0.05) is 11.6 Å². The van der Waals surface area contributed by atoms with E-state index in [1.807, 2.05) is 0 Å². The summed E-state index contributed by atoms with van der Waals surface area (Å²) in [6.07, 6.45) is 0.150. The van der Waals surface area contributed by atoms with Crippen LogP contribution in [0.1, 0.15) is 6.42 Å². The maximum atomic E-state index is 12.9. The summed E-state index contributed by atoms with van der Waals surface area (Å²) in [6, 6.07) is 4.07. The van der Waals surface area contributed by atoms with Crippen molar-refractivity contribution in [2.24, 2.45) is 0 Å². The number of morpholine rings is 1. The minimum Gasteiger partial charge on any atom is -0.375 e. The van der Waals surface area contributed by atoms with Gasteiger partial charge in [0.15, 0.2) is 0 Å². The van der Waals surface area contributed by atoms with Gasteiger partial charge in [-0.3, -0.25) is 4.79 Å². The monoisotopic (exact) mass is 272 g/mol. The Bertz CT molecular complexity index is 436. The Labute approximate surface area is 109 Å². The molecular weight excluding hydrogens is 259 g/mol. The van der Waals surface area contributed by atoms with E-state index >= 15 is 0 Å². The first-order valence-electron chi connectivity index (χ1n) is 5.72. The first kappa shape index (κ1) is 13.3. The fourth-order valence-electron chi connectivity index (χ4n) is 1.74. The van der Waals surface area contributed by atoms with Crippen LogP contribution in [0.5, 0.6) is 0 Å². The molecule has 1 aromatic carbocycles. The molecule has 1 amide bonds. The third-order valence-electron chi connectivity index (χ3n) is 2.62. The average Bonchev–Trinajstić information content (AvgIpc) is 2.35. The molecule has 1 aliphatic rings. The molecule has 6 heteroatoms. The lowest BCUT2D eigenvalue weighted by Gasteiger charge is -2.23. The Morgan fingerprint density at radius 1 is 1.61 bits per heavy atom. The highest BCUT2D eigenvalue weighted by atomic mass is 35.5. The van der Waals surface area contributed by atoms with Crippen molar-refractivity contribution in [2.75, 3.05) is 25.0 Å². The summed E-state index contributed by atoms with van der Waals surface area (Å²) in [4.78, 5) is 11.7. The number of benzene rings is 1. The van der Waals surface area contributed by atoms with Crippen LogP contribution in [0.15, 0.2) is 18.2 Å². The minimum atomic E-state index is -0.505. The first-order valence-corrected chi connectivity index (χ1v) is 6.10. The standard InChI is InChI=1S/C12H14ClFN2O2/c13-10-5-8(1-2-11(10)14)16-12(17)6-9-7-15-3-4-18-9/h1-2,5,9,15H,3-4,6-7H2,(H,16,17). The van der Waals surface area contributed by atoms with E-state index in [4.69, 9.17) is 16.3 Å². The smallest absolute Gasteiger partial charge is 0.227 e. The largest absolute Gasteiger partial charge is 0.375 e. The number of amides is 1. The normalized spacial score (nSPS) is 19.6. The zero-order valence-corrected chi connectivity index (χ0v) is 10.5. The summed E-state index contributed by atoms with van der Waals surface area (Å²) >= 11 is 5.63. The lowest BCUT2D eigenvalue weighted by atomic mass is 10.2. The Balaban J connectivity index is 1.88. The van der Waals surface area contributed by atoms with E-state index in [-0.39, 0.29) is 23.5 Å². The van der Waals surface area contributed by atoms with E-state index in [2.05, 4.69) is 10.6 Å². The van der Waals surface area contributed by atoms with Crippen LogP contribution in [-0.4, -0.2) is 31.7 Å². The fraction of sp³-hybridized carbons (Fsp3) is 0.417. The molecular formula is C12H14ClFN2O2. The van der Waals surface area contributed by atoms with E-state index in [0.717, 1.165) is 6.54 Å². The number of hydrogen-bond acceptors (Lipinski definition) is 3. The highest BCUT2D eigenvalue weighted by Crippen LogP contribution is 2.19. The van der Waals surface area contributed by atoms with E-state index in [1.54, 1.807) is 0 Å². The van der Waals surface area contributed by atoms with Crippen LogP contribution in [-0.2, 0) is 9.53 Å². The van der Waals surface area contributed by atoms with Gasteiger partial charge in [0.05, 0.1) is 24.2 Å². The van der Waals surface area contributed by atoms with Crippen LogP contribution in [0, 0.1) is 5.82 Å². The predicted molar refractivity (Wildman–Crippen MR) is 67.3 cm³/mol. The van der Waals surface area contributed by atoms with Crippen LogP contribution in [0.3, 0.4) is 0 Å². The molecule has 1 heterocycles. The minimum absolute atomic E-state index is 0.0108. The van der Waals surface area contributed by atoms with E-state index in [0.29, 0.717) is 18.8 Å². The second kappa shape index (κ2) is 6.13. The molecule has 1 saturated heterocycles. The Kier molecular flexibility index (Phi) is 4.52. The van der Waals surface area contributed by atoms with Crippen molar-refractivity contribution in [3.63, 3.8) is 0 Å². The second-order valence-corrected chi connectivity index (χ2v) is 4.49. The SMILES string of the molecule is O=C(CC1CNCCO1)Nc1ccc(F)c(Cl)c1. The number of anilines is 1. The molecule has 0 aromatic heterocycles. The first-order chi connectivity index (χ1) is 8.65. The third kappa shape index (κ3) is 3.66. The molecule has 0 radical (unpaired) electrons. The summed E-state index contributed by atoms with van der Waals surface area (Å²) in [5.74, 6) is -0.680. The quantitative estimate of drug-likeness (QED) is 0.882. The van der Waals surface area contributed by atoms with Crippen molar-refractivity contribution in [3.05, 3.63) is 29.0 Å². The highest BCUT2D eigenvalue weighted by molar-refractivity contribution is 6.31. The number of hydrogen-bond donors (Lipinski definition) is 2. The molecule has 0 spiro atoms. The summed E-state index contributed by atoms with van der Waals surface area (Å²) in [5.41, 5.74) is 0.482. The maximum Gasteiger partial charge on any atom is 0.227 e. The average molecular weight is 273 g/mol. The van der Waals surface area contributed by atoms with Gasteiger partial charge in [-0.2, -0.15) is 0 Å². The van der Waals surface area contributed by atoms with Crippen molar-refractivity contribution in [2.45, 2.75) is 12.5 Å². The summed E-state index contributed by atoms with van der Waals surface area (Å²) in [5, 5.41) is 5.79. The molecule has 18 heavy (non-hydrogen) atoms. The number of carbonyl (C=O) groups is 1. The van der Waals surface area contributed by atoms with Crippen molar-refractivity contribution in [3.8, 4) is 0 Å². The van der Waals surface area contributed by atoms with E-state index < -0.39 is 5.82 Å². The van der Waals surface area contributed by atoms with Gasteiger partial charge in [0.1, 0.15) is 5.82 Å². The molecule has 2 N–H and O–H groups in total. The number of ether oxygens (including phenoxy) is 1. The van der Waals surface area contributed by atoms with Crippen LogP contribution in [0.25, 0.3) is 0 Å². The molecule has 1 fully saturated rings. The molecule has 1 unspecified atom stereocenters. The molecule has 0 bridgehead atoms. The molecule has 4 nitrogen and oxygen atoms in total. The van der Waals surface area contributed by atoms with Gasteiger partial charge in [-0.05, 0) is 18.2 Å². The second-order valence-electron chi connectivity index (χ2n) is 4.08. The fourth-order valence-corrected chi connectivity index (χ4v) is 1.92. The molecule has 1 aliphatic heterocycles. The van der Waals surface area contributed by atoms with E-state index in [1.165, 1.54) is 18.2 Å². The van der Waals surface area contributed by atoms with Gasteiger partial charge < -0.3 is 15.4 Å². The Morgan fingerprint density at radius 3 is 3.11 bits per heavy atom. The van der Waals surface area contributed by atoms with E-state index in [9.17, 15) is 9.18 Å². The molecule has 0 saturated carbocycles. The van der Waals surface area contributed by atoms with Gasteiger partial charge in [-0.25, -0.2) is 4.39 Å². The summed E-state index contributed by atoms with van der Waals surface area (Å²) < 4.78 is 18.4. The molecule has 0 aliphatic carbocycles. The Morgan fingerprint density at radius 2 is 2.44 bits per heavy atom. The number of carbonyl (C=O) groups excluding carboxylic acids is 1. The topological polar surface area (TPSA) is 50.4 Å². The molecule has 98 valence electrons.